The number of ether oxygens (including phenoxy) is 1. The maximum absolute atomic E-state index is 12.4. The Morgan fingerprint density at radius 2 is 1.92 bits per heavy atom. The van der Waals surface area contributed by atoms with E-state index < -0.39 is 0 Å². The van der Waals surface area contributed by atoms with E-state index >= 15 is 0 Å². The second-order valence-electron chi connectivity index (χ2n) is 5.73. The minimum Gasteiger partial charge on any atom is -0.497 e. The summed E-state index contributed by atoms with van der Waals surface area (Å²) in [4.78, 5) is 28.6. The molecule has 3 aromatic rings. The first kappa shape index (κ1) is 16.7. The van der Waals surface area contributed by atoms with E-state index in [-0.39, 0.29) is 24.1 Å². The molecule has 0 bridgehead atoms. The van der Waals surface area contributed by atoms with Crippen molar-refractivity contribution in [1.29, 1.82) is 0 Å². The molecule has 1 amide bonds. The van der Waals surface area contributed by atoms with E-state index in [1.54, 1.807) is 13.2 Å². The number of hydrogen-bond donors (Lipinski definition) is 1. The molecule has 0 saturated carbocycles. The Morgan fingerprint density at radius 3 is 2.64 bits per heavy atom. The third-order valence-electron chi connectivity index (χ3n) is 4.05. The van der Waals surface area contributed by atoms with Crippen LogP contribution in [-0.4, -0.2) is 22.6 Å². The van der Waals surface area contributed by atoms with Gasteiger partial charge in [0.2, 0.25) is 5.91 Å². The smallest absolute Gasteiger partial charge is 0.269 e. The summed E-state index contributed by atoms with van der Waals surface area (Å²) in [7, 11) is 1.61. The van der Waals surface area contributed by atoms with Crippen LogP contribution >= 0.6 is 0 Å². The standard InChI is InChI=1S/C19H19N3O3/c1-13(14-7-9-15(25-2)10-8-14)21-18(23)12-22-17-6-4-3-5-16(17)20-11-19(22)24/h3-11,13H,12H2,1-2H3,(H,21,23)/t13-/m1/s1. The highest BCUT2D eigenvalue weighted by atomic mass is 16.5. The van der Waals surface area contributed by atoms with Crippen molar-refractivity contribution < 1.29 is 9.53 Å². The quantitative estimate of drug-likeness (QED) is 0.775. The number of carbonyl (C=O) groups is 1. The van der Waals surface area contributed by atoms with Crippen LogP contribution in [0, 0.1) is 0 Å². The second-order valence-corrected chi connectivity index (χ2v) is 5.73. The van der Waals surface area contributed by atoms with Gasteiger partial charge < -0.3 is 10.1 Å². The molecule has 0 fully saturated rings. The van der Waals surface area contributed by atoms with E-state index in [4.69, 9.17) is 4.74 Å². The van der Waals surface area contributed by atoms with Crippen LogP contribution in [0.3, 0.4) is 0 Å². The Morgan fingerprint density at radius 1 is 1.20 bits per heavy atom. The largest absolute Gasteiger partial charge is 0.497 e. The van der Waals surface area contributed by atoms with Crippen molar-refractivity contribution in [2.24, 2.45) is 0 Å². The fraction of sp³-hybridized carbons (Fsp3) is 0.211. The lowest BCUT2D eigenvalue weighted by atomic mass is 10.1. The van der Waals surface area contributed by atoms with Gasteiger partial charge in [0.15, 0.2) is 0 Å². The van der Waals surface area contributed by atoms with Gasteiger partial charge >= 0.3 is 0 Å². The monoisotopic (exact) mass is 337 g/mol. The fourth-order valence-corrected chi connectivity index (χ4v) is 2.68. The molecule has 0 spiro atoms. The van der Waals surface area contributed by atoms with Crippen LogP contribution in [0.2, 0.25) is 0 Å². The summed E-state index contributed by atoms with van der Waals surface area (Å²) in [6.07, 6.45) is 1.24. The molecule has 0 aliphatic heterocycles. The molecular formula is C19H19N3O3. The molecule has 0 unspecified atom stereocenters. The third kappa shape index (κ3) is 3.68. The highest BCUT2D eigenvalue weighted by Crippen LogP contribution is 2.17. The number of nitrogens with one attached hydrogen (secondary N) is 1. The van der Waals surface area contributed by atoms with Gasteiger partial charge in [-0.2, -0.15) is 0 Å². The number of amides is 1. The first-order valence-electron chi connectivity index (χ1n) is 7.96. The van der Waals surface area contributed by atoms with Crippen molar-refractivity contribution in [2.75, 3.05) is 7.11 Å². The van der Waals surface area contributed by atoms with Crippen LogP contribution in [0.1, 0.15) is 18.5 Å². The molecule has 0 saturated heterocycles. The number of hydrogen-bond acceptors (Lipinski definition) is 4. The van der Waals surface area contributed by atoms with Crippen LogP contribution in [0.15, 0.2) is 59.5 Å². The molecule has 0 aliphatic rings. The Hall–Kier alpha value is -3.15. The average Bonchev–Trinajstić information content (AvgIpc) is 2.64. The van der Waals surface area contributed by atoms with Gasteiger partial charge in [0.1, 0.15) is 12.3 Å². The predicted octanol–water partition coefficient (Wildman–Crippen LogP) is 2.28. The molecule has 25 heavy (non-hydrogen) atoms. The maximum atomic E-state index is 12.4. The van der Waals surface area contributed by atoms with Crippen molar-refractivity contribution in [2.45, 2.75) is 19.5 Å². The number of para-hydroxylation sites is 2. The molecule has 6 nitrogen and oxygen atoms in total. The summed E-state index contributed by atoms with van der Waals surface area (Å²) in [5.41, 5.74) is 1.98. The Labute approximate surface area is 145 Å². The summed E-state index contributed by atoms with van der Waals surface area (Å²) in [5.74, 6) is 0.527. The fourth-order valence-electron chi connectivity index (χ4n) is 2.68. The number of nitrogens with zero attached hydrogens (tertiary/aromatic N) is 2. The molecular weight excluding hydrogens is 318 g/mol. The predicted molar refractivity (Wildman–Crippen MR) is 95.6 cm³/mol. The summed E-state index contributed by atoms with van der Waals surface area (Å²) in [5, 5.41) is 2.91. The number of aromatic nitrogens is 2. The van der Waals surface area contributed by atoms with Crippen molar-refractivity contribution >= 4 is 16.9 Å². The lowest BCUT2D eigenvalue weighted by molar-refractivity contribution is -0.122. The van der Waals surface area contributed by atoms with E-state index in [9.17, 15) is 9.59 Å². The van der Waals surface area contributed by atoms with Crippen LogP contribution < -0.4 is 15.6 Å². The number of benzene rings is 2. The summed E-state index contributed by atoms with van der Waals surface area (Å²) in [6, 6.07) is 14.6. The SMILES string of the molecule is COc1ccc([C@@H](C)NC(=O)Cn2c(=O)cnc3ccccc32)cc1. The maximum Gasteiger partial charge on any atom is 0.269 e. The third-order valence-corrected chi connectivity index (χ3v) is 4.05. The minimum absolute atomic E-state index is 0.0532. The van der Waals surface area contributed by atoms with E-state index in [0.29, 0.717) is 11.0 Å². The van der Waals surface area contributed by atoms with Gasteiger partial charge in [-0.25, -0.2) is 4.98 Å². The van der Waals surface area contributed by atoms with Gasteiger partial charge in [-0.3, -0.25) is 14.2 Å². The van der Waals surface area contributed by atoms with Gasteiger partial charge in [0, 0.05) is 0 Å². The second kappa shape index (κ2) is 7.17. The highest BCUT2D eigenvalue weighted by molar-refractivity contribution is 5.80. The Balaban J connectivity index is 1.76. The van der Waals surface area contributed by atoms with Crippen molar-refractivity contribution in [3.8, 4) is 5.75 Å². The number of rotatable bonds is 5. The Bertz CT molecular complexity index is 948. The van der Waals surface area contributed by atoms with E-state index in [1.807, 2.05) is 49.4 Å². The summed E-state index contributed by atoms with van der Waals surface area (Å²) < 4.78 is 6.56. The van der Waals surface area contributed by atoms with Gasteiger partial charge in [-0.15, -0.1) is 0 Å². The molecule has 1 aromatic heterocycles. The zero-order valence-corrected chi connectivity index (χ0v) is 14.1. The van der Waals surface area contributed by atoms with Crippen molar-refractivity contribution in [3.05, 3.63) is 70.6 Å². The summed E-state index contributed by atoms with van der Waals surface area (Å²) >= 11 is 0. The molecule has 6 heteroatoms. The Kier molecular flexibility index (Phi) is 4.79. The summed E-state index contributed by atoms with van der Waals surface area (Å²) in [6.45, 7) is 1.84. The minimum atomic E-state index is -0.300. The van der Waals surface area contributed by atoms with E-state index in [1.165, 1.54) is 10.8 Å². The molecule has 1 N–H and O–H groups in total. The van der Waals surface area contributed by atoms with E-state index in [2.05, 4.69) is 10.3 Å². The molecule has 1 heterocycles. The number of fused-ring (bicyclic) bond motifs is 1. The van der Waals surface area contributed by atoms with Crippen molar-refractivity contribution in [1.82, 2.24) is 14.9 Å². The van der Waals surface area contributed by atoms with Crippen LogP contribution in [0.25, 0.3) is 11.0 Å². The molecule has 2 aromatic carbocycles. The molecule has 1 atom stereocenters. The first-order valence-corrected chi connectivity index (χ1v) is 7.96. The molecule has 128 valence electrons. The van der Waals surface area contributed by atoms with Crippen LogP contribution in [0.4, 0.5) is 0 Å². The molecule has 0 aliphatic carbocycles. The number of carbonyl (C=O) groups excluding carboxylic acids is 1. The topological polar surface area (TPSA) is 73.2 Å². The van der Waals surface area contributed by atoms with Gasteiger partial charge in [0.05, 0.1) is 30.4 Å². The van der Waals surface area contributed by atoms with Crippen molar-refractivity contribution in [3.63, 3.8) is 0 Å². The zero-order chi connectivity index (χ0) is 17.8. The van der Waals surface area contributed by atoms with Crippen LogP contribution in [0.5, 0.6) is 5.75 Å². The zero-order valence-electron chi connectivity index (χ0n) is 14.1. The van der Waals surface area contributed by atoms with Gasteiger partial charge in [0.25, 0.3) is 5.56 Å². The van der Waals surface area contributed by atoms with Gasteiger partial charge in [-0.1, -0.05) is 24.3 Å². The molecule has 3 rings (SSSR count). The number of methoxy groups -OCH3 is 1. The van der Waals surface area contributed by atoms with Gasteiger partial charge in [-0.05, 0) is 36.8 Å². The normalized spacial score (nSPS) is 11.9. The van der Waals surface area contributed by atoms with E-state index in [0.717, 1.165) is 11.3 Å². The first-order chi connectivity index (χ1) is 12.1. The average molecular weight is 337 g/mol. The lowest BCUT2D eigenvalue weighted by Gasteiger charge is -2.16. The van der Waals surface area contributed by atoms with Crippen LogP contribution in [-0.2, 0) is 11.3 Å². The molecule has 0 radical (unpaired) electrons. The highest BCUT2D eigenvalue weighted by Gasteiger charge is 2.12. The lowest BCUT2D eigenvalue weighted by Crippen LogP contribution is -2.34.